The molecule has 0 N–H and O–H groups in total. The van der Waals surface area contributed by atoms with Gasteiger partial charge in [0, 0.05) is 5.56 Å². The molecule has 4 aromatic rings. The number of anilines is 2. The zero-order valence-electron chi connectivity index (χ0n) is 21.2. The van der Waals surface area contributed by atoms with Crippen molar-refractivity contribution in [2.45, 2.75) is 27.2 Å². The van der Waals surface area contributed by atoms with Crippen LogP contribution in [-0.2, 0) is 20.7 Å². The summed E-state index contributed by atoms with van der Waals surface area (Å²) in [5.41, 5.74) is 4.47. The van der Waals surface area contributed by atoms with Crippen LogP contribution < -0.4 is 4.90 Å². The number of amides is 1. The van der Waals surface area contributed by atoms with E-state index in [-0.39, 0.29) is 19.0 Å². The molecular weight excluding hydrogens is 527 g/mol. The summed E-state index contributed by atoms with van der Waals surface area (Å²) in [6, 6.07) is 20.1. The SMILES string of the molecule is CCOC(=O)Cc1ccc(-c2ccc(-c3onc(C)c3N(C(=O)OCC)c3ccccc3Cl)c(Cl)c2)cc1. The van der Waals surface area contributed by atoms with Gasteiger partial charge in [-0.1, -0.05) is 70.8 Å². The fraction of sp³-hybridized carbons (Fsp3) is 0.207. The summed E-state index contributed by atoms with van der Waals surface area (Å²) in [6.45, 7) is 5.76. The van der Waals surface area contributed by atoms with Crippen molar-refractivity contribution in [3.8, 4) is 22.5 Å². The number of carbonyl (C=O) groups excluding carboxylic acids is 2. The van der Waals surface area contributed by atoms with Crippen LogP contribution >= 0.6 is 23.2 Å². The van der Waals surface area contributed by atoms with Gasteiger partial charge in [0.25, 0.3) is 0 Å². The lowest BCUT2D eigenvalue weighted by molar-refractivity contribution is -0.142. The van der Waals surface area contributed by atoms with Gasteiger partial charge in [0.1, 0.15) is 11.4 Å². The molecule has 9 heteroatoms. The maximum Gasteiger partial charge on any atom is 0.419 e. The molecule has 0 radical (unpaired) electrons. The largest absolute Gasteiger partial charge is 0.466 e. The highest BCUT2D eigenvalue weighted by atomic mass is 35.5. The van der Waals surface area contributed by atoms with E-state index in [2.05, 4.69) is 5.16 Å². The average molecular weight is 553 g/mol. The molecule has 0 atom stereocenters. The van der Waals surface area contributed by atoms with Gasteiger partial charge < -0.3 is 14.0 Å². The van der Waals surface area contributed by atoms with E-state index in [0.29, 0.717) is 45.0 Å². The molecule has 3 aromatic carbocycles. The molecule has 0 aliphatic carbocycles. The minimum Gasteiger partial charge on any atom is -0.466 e. The molecule has 1 aromatic heterocycles. The Labute approximate surface area is 230 Å². The Kier molecular flexibility index (Phi) is 8.71. The van der Waals surface area contributed by atoms with Crippen molar-refractivity contribution in [1.82, 2.24) is 5.16 Å². The van der Waals surface area contributed by atoms with Gasteiger partial charge in [-0.2, -0.15) is 0 Å². The first-order valence-corrected chi connectivity index (χ1v) is 12.8. The second-order valence-corrected chi connectivity index (χ2v) is 9.12. The van der Waals surface area contributed by atoms with Crippen molar-refractivity contribution in [3.05, 3.63) is 88.0 Å². The van der Waals surface area contributed by atoms with E-state index in [4.69, 9.17) is 37.2 Å². The van der Waals surface area contributed by atoms with Crippen LogP contribution in [0.2, 0.25) is 10.0 Å². The van der Waals surface area contributed by atoms with E-state index in [1.165, 1.54) is 4.90 Å². The molecule has 38 heavy (non-hydrogen) atoms. The third-order valence-corrected chi connectivity index (χ3v) is 6.39. The fourth-order valence-corrected chi connectivity index (χ4v) is 4.50. The summed E-state index contributed by atoms with van der Waals surface area (Å²) in [5.74, 6) is 0.0382. The molecule has 0 unspecified atom stereocenters. The highest BCUT2D eigenvalue weighted by Gasteiger charge is 2.30. The Morgan fingerprint density at radius 3 is 2.24 bits per heavy atom. The molecule has 1 amide bonds. The molecule has 196 valence electrons. The van der Waals surface area contributed by atoms with Gasteiger partial charge >= 0.3 is 12.1 Å². The second-order valence-electron chi connectivity index (χ2n) is 8.30. The standard InChI is InChI=1S/C29H26Cl2N2O5/c1-4-36-26(34)16-19-10-12-20(13-11-19)21-14-15-22(24(31)17-21)28-27(18(3)32-38-28)33(29(35)37-5-2)25-9-7-6-8-23(25)30/h6-15,17H,4-5,16H2,1-3H3. The summed E-state index contributed by atoms with van der Waals surface area (Å²) in [7, 11) is 0. The molecule has 7 nitrogen and oxygen atoms in total. The minimum atomic E-state index is -0.621. The van der Waals surface area contributed by atoms with Crippen LogP contribution in [0.1, 0.15) is 25.1 Å². The number of rotatable bonds is 8. The van der Waals surface area contributed by atoms with Gasteiger partial charge in [0.2, 0.25) is 0 Å². The maximum atomic E-state index is 13.1. The highest BCUT2D eigenvalue weighted by Crippen LogP contribution is 2.43. The molecule has 0 aliphatic heterocycles. The molecule has 0 bridgehead atoms. The highest BCUT2D eigenvalue weighted by molar-refractivity contribution is 6.35. The van der Waals surface area contributed by atoms with Crippen molar-refractivity contribution >= 4 is 46.6 Å². The van der Waals surface area contributed by atoms with Crippen LogP contribution in [0.3, 0.4) is 0 Å². The van der Waals surface area contributed by atoms with Crippen molar-refractivity contribution < 1.29 is 23.6 Å². The number of esters is 1. The number of aromatic nitrogens is 1. The number of carbonyl (C=O) groups is 2. The average Bonchev–Trinajstić information content (AvgIpc) is 3.26. The van der Waals surface area contributed by atoms with Crippen LogP contribution in [0.5, 0.6) is 0 Å². The quantitative estimate of drug-likeness (QED) is 0.206. The predicted molar refractivity (Wildman–Crippen MR) is 148 cm³/mol. The minimum absolute atomic E-state index is 0.174. The molecule has 4 rings (SSSR count). The van der Waals surface area contributed by atoms with Gasteiger partial charge in [0.05, 0.1) is 35.4 Å². The zero-order chi connectivity index (χ0) is 27.2. The first kappa shape index (κ1) is 27.2. The summed E-state index contributed by atoms with van der Waals surface area (Å²) < 4.78 is 16.0. The monoisotopic (exact) mass is 552 g/mol. The number of hydrogen-bond acceptors (Lipinski definition) is 6. The van der Waals surface area contributed by atoms with E-state index < -0.39 is 6.09 Å². The number of benzene rings is 3. The lowest BCUT2D eigenvalue weighted by Crippen LogP contribution is -2.27. The van der Waals surface area contributed by atoms with Crippen LogP contribution in [0.25, 0.3) is 22.5 Å². The van der Waals surface area contributed by atoms with E-state index in [0.717, 1.165) is 16.7 Å². The lowest BCUT2D eigenvalue weighted by Gasteiger charge is -2.23. The molecule has 1 heterocycles. The summed E-state index contributed by atoms with van der Waals surface area (Å²) in [6.07, 6.45) is -0.409. The number of nitrogens with zero attached hydrogens (tertiary/aromatic N) is 2. The molecular formula is C29H26Cl2N2O5. The Morgan fingerprint density at radius 2 is 1.58 bits per heavy atom. The first-order chi connectivity index (χ1) is 18.3. The molecule has 0 aliphatic rings. The van der Waals surface area contributed by atoms with Crippen molar-refractivity contribution in [2.24, 2.45) is 0 Å². The summed E-state index contributed by atoms with van der Waals surface area (Å²) >= 11 is 13.2. The van der Waals surface area contributed by atoms with Crippen molar-refractivity contribution in [1.29, 1.82) is 0 Å². The fourth-order valence-electron chi connectivity index (χ4n) is 4.01. The number of aryl methyl sites for hydroxylation is 1. The zero-order valence-corrected chi connectivity index (χ0v) is 22.7. The Balaban J connectivity index is 1.70. The van der Waals surface area contributed by atoms with Crippen molar-refractivity contribution in [2.75, 3.05) is 18.1 Å². The van der Waals surface area contributed by atoms with Crippen LogP contribution in [0.15, 0.2) is 71.3 Å². The van der Waals surface area contributed by atoms with E-state index in [9.17, 15) is 9.59 Å². The van der Waals surface area contributed by atoms with Gasteiger partial charge in [-0.15, -0.1) is 0 Å². The summed E-state index contributed by atoms with van der Waals surface area (Å²) in [4.78, 5) is 26.2. The smallest absolute Gasteiger partial charge is 0.419 e. The Hall–Kier alpha value is -3.81. The molecule has 0 fully saturated rings. The van der Waals surface area contributed by atoms with E-state index in [1.54, 1.807) is 45.0 Å². The van der Waals surface area contributed by atoms with Crippen molar-refractivity contribution in [3.63, 3.8) is 0 Å². The van der Waals surface area contributed by atoms with Gasteiger partial charge in [-0.05, 0) is 61.7 Å². The third-order valence-electron chi connectivity index (χ3n) is 5.75. The molecule has 0 saturated heterocycles. The van der Waals surface area contributed by atoms with Gasteiger partial charge in [0.15, 0.2) is 5.76 Å². The number of ether oxygens (including phenoxy) is 2. The van der Waals surface area contributed by atoms with Gasteiger partial charge in [-0.25, -0.2) is 9.69 Å². The summed E-state index contributed by atoms with van der Waals surface area (Å²) in [5, 5.41) is 4.88. The second kappa shape index (κ2) is 12.2. The Morgan fingerprint density at radius 1 is 0.895 bits per heavy atom. The molecule has 0 saturated carbocycles. The van der Waals surface area contributed by atoms with E-state index in [1.807, 2.05) is 42.5 Å². The van der Waals surface area contributed by atoms with Crippen LogP contribution in [0, 0.1) is 6.92 Å². The number of halogens is 2. The first-order valence-electron chi connectivity index (χ1n) is 12.1. The normalized spacial score (nSPS) is 10.8. The topological polar surface area (TPSA) is 81.9 Å². The van der Waals surface area contributed by atoms with Crippen LogP contribution in [-0.4, -0.2) is 30.4 Å². The van der Waals surface area contributed by atoms with Crippen LogP contribution in [0.4, 0.5) is 16.2 Å². The van der Waals surface area contributed by atoms with E-state index >= 15 is 0 Å². The maximum absolute atomic E-state index is 13.1. The lowest BCUT2D eigenvalue weighted by atomic mass is 10.0. The Bertz CT molecular complexity index is 1450. The predicted octanol–water partition coefficient (Wildman–Crippen LogP) is 8.02. The van der Waals surface area contributed by atoms with Gasteiger partial charge in [-0.3, -0.25) is 4.79 Å². The number of para-hydroxylation sites is 1. The molecule has 0 spiro atoms. The third kappa shape index (κ3) is 5.85. The number of hydrogen-bond donors (Lipinski definition) is 0.